The Morgan fingerprint density at radius 2 is 2.21 bits per heavy atom. The standard InChI is InChI=1S/C12H12N2O5/c15-10-6-14(11(16)5-13-10)8-2-1-3-9(4-8)19-7-12(17)18/h1-4H,5-7H2,(H,13,15)(H,17,18). The fraction of sp³-hybridized carbons (Fsp3) is 0.250. The first kappa shape index (κ1) is 12.9. The lowest BCUT2D eigenvalue weighted by Crippen LogP contribution is -2.51. The molecule has 1 aliphatic heterocycles. The van der Waals surface area contributed by atoms with Crippen LogP contribution in [-0.4, -0.2) is 42.6 Å². The molecule has 0 atom stereocenters. The summed E-state index contributed by atoms with van der Waals surface area (Å²) in [5, 5.41) is 11.0. The molecule has 19 heavy (non-hydrogen) atoms. The van der Waals surface area contributed by atoms with Crippen molar-refractivity contribution in [3.8, 4) is 5.75 Å². The minimum absolute atomic E-state index is 0.0426. The molecule has 7 nitrogen and oxygen atoms in total. The van der Waals surface area contributed by atoms with E-state index in [4.69, 9.17) is 9.84 Å². The van der Waals surface area contributed by atoms with Crippen LogP contribution in [0.1, 0.15) is 0 Å². The summed E-state index contributed by atoms with van der Waals surface area (Å²) in [5.41, 5.74) is 0.503. The number of rotatable bonds is 4. The summed E-state index contributed by atoms with van der Waals surface area (Å²) in [4.78, 5) is 34.7. The molecule has 1 heterocycles. The number of hydrogen-bond donors (Lipinski definition) is 2. The van der Waals surface area contributed by atoms with E-state index in [-0.39, 0.29) is 24.9 Å². The number of benzene rings is 1. The smallest absolute Gasteiger partial charge is 0.341 e. The molecule has 0 radical (unpaired) electrons. The molecule has 2 amide bonds. The molecule has 100 valence electrons. The second-order valence-corrected chi connectivity index (χ2v) is 3.94. The number of nitrogens with one attached hydrogen (secondary N) is 1. The predicted octanol–water partition coefficient (Wildman–Crippen LogP) is -0.387. The third-order valence-corrected chi connectivity index (χ3v) is 2.53. The van der Waals surface area contributed by atoms with Crippen LogP contribution in [-0.2, 0) is 14.4 Å². The number of carboxylic acids is 1. The monoisotopic (exact) mass is 264 g/mol. The van der Waals surface area contributed by atoms with Crippen LogP contribution in [0.3, 0.4) is 0 Å². The Kier molecular flexibility index (Phi) is 3.65. The lowest BCUT2D eigenvalue weighted by Gasteiger charge is -2.26. The Bertz CT molecular complexity index is 529. The summed E-state index contributed by atoms with van der Waals surface area (Å²) in [6.07, 6.45) is 0. The SMILES string of the molecule is O=C(O)COc1cccc(N2CC(=O)NCC2=O)c1. The molecule has 1 saturated heterocycles. The van der Waals surface area contributed by atoms with Crippen LogP contribution in [0, 0.1) is 0 Å². The van der Waals surface area contributed by atoms with Gasteiger partial charge in [-0.1, -0.05) is 6.07 Å². The van der Waals surface area contributed by atoms with Crippen LogP contribution in [0.25, 0.3) is 0 Å². The highest BCUT2D eigenvalue weighted by atomic mass is 16.5. The Labute approximate surface area is 108 Å². The third-order valence-electron chi connectivity index (χ3n) is 2.53. The van der Waals surface area contributed by atoms with Crippen molar-refractivity contribution in [1.29, 1.82) is 0 Å². The number of aliphatic carboxylic acids is 1. The van der Waals surface area contributed by atoms with E-state index in [1.807, 2.05) is 0 Å². The summed E-state index contributed by atoms with van der Waals surface area (Å²) in [5.74, 6) is -1.22. The third kappa shape index (κ3) is 3.21. The van der Waals surface area contributed by atoms with E-state index in [2.05, 4.69) is 5.32 Å². The van der Waals surface area contributed by atoms with Crippen LogP contribution in [0.15, 0.2) is 24.3 Å². The van der Waals surface area contributed by atoms with Gasteiger partial charge in [0.2, 0.25) is 11.8 Å². The van der Waals surface area contributed by atoms with E-state index in [0.717, 1.165) is 0 Å². The highest BCUT2D eigenvalue weighted by Crippen LogP contribution is 2.22. The van der Waals surface area contributed by atoms with Gasteiger partial charge in [-0.05, 0) is 12.1 Å². The molecule has 7 heteroatoms. The van der Waals surface area contributed by atoms with Crippen molar-refractivity contribution in [3.05, 3.63) is 24.3 Å². The van der Waals surface area contributed by atoms with Gasteiger partial charge in [0.25, 0.3) is 0 Å². The topological polar surface area (TPSA) is 95.9 Å². The van der Waals surface area contributed by atoms with E-state index in [9.17, 15) is 14.4 Å². The van der Waals surface area contributed by atoms with Gasteiger partial charge >= 0.3 is 5.97 Å². The van der Waals surface area contributed by atoms with Crippen LogP contribution in [0.4, 0.5) is 5.69 Å². The van der Waals surface area contributed by atoms with Gasteiger partial charge in [0.15, 0.2) is 6.61 Å². The van der Waals surface area contributed by atoms with E-state index in [1.54, 1.807) is 18.2 Å². The lowest BCUT2D eigenvalue weighted by molar-refractivity contribution is -0.139. The maximum absolute atomic E-state index is 11.7. The Hall–Kier alpha value is -2.57. The Balaban J connectivity index is 2.15. The maximum atomic E-state index is 11.7. The van der Waals surface area contributed by atoms with Gasteiger partial charge in [0.05, 0.1) is 6.54 Å². The highest BCUT2D eigenvalue weighted by molar-refractivity contribution is 6.04. The second-order valence-electron chi connectivity index (χ2n) is 3.94. The van der Waals surface area contributed by atoms with Crippen molar-refractivity contribution in [2.24, 2.45) is 0 Å². The van der Waals surface area contributed by atoms with Crippen LogP contribution >= 0.6 is 0 Å². The number of hydrogen-bond acceptors (Lipinski definition) is 4. The number of ether oxygens (including phenoxy) is 1. The van der Waals surface area contributed by atoms with Crippen molar-refractivity contribution >= 4 is 23.5 Å². The maximum Gasteiger partial charge on any atom is 0.341 e. The van der Waals surface area contributed by atoms with Gasteiger partial charge in [0.1, 0.15) is 12.3 Å². The van der Waals surface area contributed by atoms with Crippen molar-refractivity contribution in [2.45, 2.75) is 0 Å². The fourth-order valence-corrected chi connectivity index (χ4v) is 1.68. The van der Waals surface area contributed by atoms with Crippen molar-refractivity contribution in [1.82, 2.24) is 5.32 Å². The first-order valence-corrected chi connectivity index (χ1v) is 5.58. The average Bonchev–Trinajstić information content (AvgIpc) is 2.39. The molecule has 1 aromatic rings. The number of anilines is 1. The molecule has 0 spiro atoms. The molecule has 0 aliphatic carbocycles. The van der Waals surface area contributed by atoms with E-state index >= 15 is 0 Å². The summed E-state index contributed by atoms with van der Waals surface area (Å²) in [7, 11) is 0. The molecule has 1 fully saturated rings. The summed E-state index contributed by atoms with van der Waals surface area (Å²) in [6, 6.07) is 6.40. The largest absolute Gasteiger partial charge is 0.482 e. The van der Waals surface area contributed by atoms with E-state index in [0.29, 0.717) is 11.4 Å². The molecular formula is C12H12N2O5. The number of nitrogens with zero attached hydrogens (tertiary/aromatic N) is 1. The van der Waals surface area contributed by atoms with Gasteiger partial charge in [-0.25, -0.2) is 4.79 Å². The zero-order valence-electron chi connectivity index (χ0n) is 9.96. The number of carbonyl (C=O) groups is 3. The van der Waals surface area contributed by atoms with Gasteiger partial charge < -0.3 is 20.1 Å². The zero-order chi connectivity index (χ0) is 13.8. The molecule has 0 unspecified atom stereocenters. The van der Waals surface area contributed by atoms with Gasteiger partial charge in [-0.3, -0.25) is 9.59 Å². The van der Waals surface area contributed by atoms with E-state index < -0.39 is 12.6 Å². The second kappa shape index (κ2) is 5.38. The molecule has 1 aliphatic rings. The molecule has 2 rings (SSSR count). The normalized spacial score (nSPS) is 15.1. The van der Waals surface area contributed by atoms with Gasteiger partial charge in [-0.2, -0.15) is 0 Å². The fourth-order valence-electron chi connectivity index (χ4n) is 1.68. The summed E-state index contributed by atoms with van der Waals surface area (Å²) in [6.45, 7) is -0.557. The van der Waals surface area contributed by atoms with Crippen LogP contribution in [0.5, 0.6) is 5.75 Å². The minimum Gasteiger partial charge on any atom is -0.482 e. The minimum atomic E-state index is -1.08. The molecule has 0 aromatic heterocycles. The highest BCUT2D eigenvalue weighted by Gasteiger charge is 2.24. The van der Waals surface area contributed by atoms with Crippen molar-refractivity contribution in [3.63, 3.8) is 0 Å². The molecule has 0 bridgehead atoms. The zero-order valence-corrected chi connectivity index (χ0v) is 9.96. The summed E-state index contributed by atoms with van der Waals surface area (Å²) >= 11 is 0. The van der Waals surface area contributed by atoms with Gasteiger partial charge in [-0.15, -0.1) is 0 Å². The first-order chi connectivity index (χ1) is 9.06. The number of carbonyl (C=O) groups excluding carboxylic acids is 2. The molecule has 2 N–H and O–H groups in total. The first-order valence-electron chi connectivity index (χ1n) is 5.58. The number of carboxylic acid groups (broad SMARTS) is 1. The summed E-state index contributed by atoms with van der Waals surface area (Å²) < 4.78 is 5.02. The molecule has 0 saturated carbocycles. The van der Waals surface area contributed by atoms with Gasteiger partial charge in [0, 0.05) is 11.8 Å². The van der Waals surface area contributed by atoms with Crippen LogP contribution < -0.4 is 15.0 Å². The lowest BCUT2D eigenvalue weighted by atomic mass is 10.2. The Morgan fingerprint density at radius 1 is 1.42 bits per heavy atom. The quantitative estimate of drug-likeness (QED) is 0.772. The number of amides is 2. The molecular weight excluding hydrogens is 252 g/mol. The average molecular weight is 264 g/mol. The Morgan fingerprint density at radius 3 is 2.95 bits per heavy atom. The van der Waals surface area contributed by atoms with Crippen LogP contribution in [0.2, 0.25) is 0 Å². The number of piperazine rings is 1. The molecule has 1 aromatic carbocycles. The van der Waals surface area contributed by atoms with Crippen molar-refractivity contribution < 1.29 is 24.2 Å². The van der Waals surface area contributed by atoms with E-state index in [1.165, 1.54) is 11.0 Å². The van der Waals surface area contributed by atoms with Crippen molar-refractivity contribution in [2.75, 3.05) is 24.6 Å². The predicted molar refractivity (Wildman–Crippen MR) is 64.9 cm³/mol.